The Morgan fingerprint density at radius 2 is 1.90 bits per heavy atom. The highest BCUT2D eigenvalue weighted by Crippen LogP contribution is 2.37. The quantitative estimate of drug-likeness (QED) is 0.425. The molecular formula is C24H32N2O5. The third-order valence-electron chi connectivity index (χ3n) is 5.71. The van der Waals surface area contributed by atoms with E-state index in [4.69, 9.17) is 18.9 Å². The summed E-state index contributed by atoms with van der Waals surface area (Å²) in [6, 6.07) is 15.8. The molecule has 1 fully saturated rings. The molecule has 0 aromatic heterocycles. The number of carbonyl (C=O) groups is 1. The predicted octanol–water partition coefficient (Wildman–Crippen LogP) is 3.35. The fourth-order valence-corrected chi connectivity index (χ4v) is 4.12. The number of hydrogen-bond acceptors (Lipinski definition) is 7. The van der Waals surface area contributed by atoms with Gasteiger partial charge in [0.15, 0.2) is 0 Å². The third kappa shape index (κ3) is 5.55. The van der Waals surface area contributed by atoms with Crippen LogP contribution in [0.2, 0.25) is 0 Å². The molecule has 0 amide bonds. The topological polar surface area (TPSA) is 60.5 Å². The van der Waals surface area contributed by atoms with E-state index in [-0.39, 0.29) is 18.1 Å². The lowest BCUT2D eigenvalue weighted by Gasteiger charge is -2.35. The Morgan fingerprint density at radius 1 is 1.13 bits per heavy atom. The number of ether oxygens (including phenoxy) is 4. The zero-order valence-corrected chi connectivity index (χ0v) is 18.7. The summed E-state index contributed by atoms with van der Waals surface area (Å²) in [5, 5.41) is 0. The molecule has 2 aromatic carbocycles. The third-order valence-corrected chi connectivity index (χ3v) is 5.71. The maximum Gasteiger partial charge on any atom is 0.340 e. The van der Waals surface area contributed by atoms with Crippen LogP contribution in [0.4, 0.5) is 5.69 Å². The summed E-state index contributed by atoms with van der Waals surface area (Å²) in [5.41, 5.74) is 2.36. The number of nitrogens with zero attached hydrogens (tertiary/aromatic N) is 2. The Labute approximate surface area is 184 Å². The van der Waals surface area contributed by atoms with Gasteiger partial charge < -0.3 is 23.8 Å². The van der Waals surface area contributed by atoms with E-state index in [1.165, 1.54) is 7.11 Å². The van der Waals surface area contributed by atoms with Crippen LogP contribution in [0.5, 0.6) is 5.75 Å². The van der Waals surface area contributed by atoms with Crippen LogP contribution in [0.15, 0.2) is 48.5 Å². The summed E-state index contributed by atoms with van der Waals surface area (Å²) in [5.74, 6) is 0.246. The van der Waals surface area contributed by atoms with Crippen LogP contribution in [0, 0.1) is 0 Å². The van der Waals surface area contributed by atoms with Crippen molar-refractivity contribution >= 4 is 11.7 Å². The van der Waals surface area contributed by atoms with E-state index in [0.29, 0.717) is 18.1 Å². The first-order valence-corrected chi connectivity index (χ1v) is 10.4. The maximum atomic E-state index is 12.5. The smallest absolute Gasteiger partial charge is 0.340 e. The van der Waals surface area contributed by atoms with Gasteiger partial charge in [-0.1, -0.05) is 36.4 Å². The highest BCUT2D eigenvalue weighted by Gasteiger charge is 2.30. The number of methoxy groups -OCH3 is 3. The highest BCUT2D eigenvalue weighted by atomic mass is 16.7. The zero-order chi connectivity index (χ0) is 22.2. The second-order valence-electron chi connectivity index (χ2n) is 7.63. The van der Waals surface area contributed by atoms with Gasteiger partial charge in [0.2, 0.25) is 0 Å². The fourth-order valence-electron chi connectivity index (χ4n) is 4.12. The Balaban J connectivity index is 1.91. The molecular weight excluding hydrogens is 396 g/mol. The average Bonchev–Trinajstić information content (AvgIpc) is 3.27. The van der Waals surface area contributed by atoms with Gasteiger partial charge in [-0.15, -0.1) is 0 Å². The number of likely N-dealkylation sites (tertiary alicyclic amines) is 1. The number of hydrogen-bond donors (Lipinski definition) is 0. The number of rotatable bonds is 10. The molecule has 7 nitrogen and oxygen atoms in total. The standard InChI is InChI=1S/C24H32N2O5/c1-25(23-20(24(27)30-4)11-8-12-22(23)29-3)21(18-9-6-5-7-10-18)16-26-14-13-19(15-26)31-17-28-2/h5-12,19,21H,13-17H2,1-4H3/t19-,21+/m0/s1. The summed E-state index contributed by atoms with van der Waals surface area (Å²) in [4.78, 5) is 17.0. The lowest BCUT2D eigenvalue weighted by atomic mass is 10.0. The first-order chi connectivity index (χ1) is 15.1. The second kappa shape index (κ2) is 11.1. The van der Waals surface area contributed by atoms with E-state index in [9.17, 15) is 4.79 Å². The van der Waals surface area contributed by atoms with Gasteiger partial charge >= 0.3 is 5.97 Å². The number of benzene rings is 2. The molecule has 1 heterocycles. The first kappa shape index (κ1) is 23.1. The number of likely N-dealkylation sites (N-methyl/N-ethyl adjacent to an activating group) is 1. The van der Waals surface area contributed by atoms with E-state index < -0.39 is 0 Å². The molecule has 0 unspecified atom stereocenters. The Kier molecular flexibility index (Phi) is 8.28. The van der Waals surface area contributed by atoms with Crippen molar-refractivity contribution in [2.24, 2.45) is 0 Å². The maximum absolute atomic E-state index is 12.5. The van der Waals surface area contributed by atoms with Crippen molar-refractivity contribution in [3.05, 3.63) is 59.7 Å². The molecule has 2 aromatic rings. The van der Waals surface area contributed by atoms with Gasteiger partial charge in [0.05, 0.1) is 37.6 Å². The molecule has 0 saturated carbocycles. The van der Waals surface area contributed by atoms with Crippen molar-refractivity contribution in [2.75, 3.05) is 59.7 Å². The van der Waals surface area contributed by atoms with Crippen LogP contribution in [0.25, 0.3) is 0 Å². The molecule has 168 valence electrons. The summed E-state index contributed by atoms with van der Waals surface area (Å²) in [6.07, 6.45) is 1.13. The van der Waals surface area contributed by atoms with Gasteiger partial charge in [-0.25, -0.2) is 4.79 Å². The summed E-state index contributed by atoms with van der Waals surface area (Å²) < 4.78 is 21.5. The zero-order valence-electron chi connectivity index (χ0n) is 18.7. The van der Waals surface area contributed by atoms with E-state index >= 15 is 0 Å². The van der Waals surface area contributed by atoms with E-state index in [2.05, 4.69) is 21.9 Å². The molecule has 1 saturated heterocycles. The highest BCUT2D eigenvalue weighted by molar-refractivity contribution is 5.97. The Bertz CT molecular complexity index is 845. The SMILES string of the molecule is COCO[C@H]1CCN(C[C@H](c2ccccc2)N(C)c2c(OC)cccc2C(=O)OC)C1. The van der Waals surface area contributed by atoms with E-state index in [0.717, 1.165) is 37.3 Å². The monoisotopic (exact) mass is 428 g/mol. The van der Waals surface area contributed by atoms with E-state index in [1.807, 2.05) is 31.3 Å². The molecule has 2 atom stereocenters. The normalized spacial score (nSPS) is 17.4. The first-order valence-electron chi connectivity index (χ1n) is 10.4. The molecule has 0 radical (unpaired) electrons. The van der Waals surface area contributed by atoms with Gasteiger partial charge in [-0.05, 0) is 24.1 Å². The number of esters is 1. The van der Waals surface area contributed by atoms with Crippen LogP contribution in [-0.2, 0) is 14.2 Å². The Hall–Kier alpha value is -2.61. The number of carbonyl (C=O) groups excluding carboxylic acids is 1. The summed E-state index contributed by atoms with van der Waals surface area (Å²) in [6.45, 7) is 2.88. The fraction of sp³-hybridized carbons (Fsp3) is 0.458. The van der Waals surface area contributed by atoms with Crippen molar-refractivity contribution in [2.45, 2.75) is 18.6 Å². The average molecular weight is 429 g/mol. The van der Waals surface area contributed by atoms with Crippen LogP contribution in [0.1, 0.15) is 28.4 Å². The predicted molar refractivity (Wildman–Crippen MR) is 120 cm³/mol. The van der Waals surface area contributed by atoms with E-state index in [1.54, 1.807) is 26.4 Å². The van der Waals surface area contributed by atoms with Gasteiger partial charge in [0, 0.05) is 33.8 Å². The molecule has 7 heteroatoms. The molecule has 3 rings (SSSR count). The van der Waals surface area contributed by atoms with Crippen LogP contribution in [-0.4, -0.2) is 71.8 Å². The largest absolute Gasteiger partial charge is 0.495 e. The molecule has 31 heavy (non-hydrogen) atoms. The van der Waals surface area contributed by atoms with Gasteiger partial charge in [-0.3, -0.25) is 4.90 Å². The van der Waals surface area contributed by atoms with Crippen molar-refractivity contribution in [1.82, 2.24) is 4.90 Å². The molecule has 0 N–H and O–H groups in total. The van der Waals surface area contributed by atoms with Gasteiger partial charge in [0.1, 0.15) is 12.5 Å². The summed E-state index contributed by atoms with van der Waals surface area (Å²) >= 11 is 0. The lowest BCUT2D eigenvalue weighted by Crippen LogP contribution is -2.37. The molecule has 0 spiro atoms. The van der Waals surface area contributed by atoms with Crippen LogP contribution < -0.4 is 9.64 Å². The van der Waals surface area contributed by atoms with Crippen molar-refractivity contribution in [1.29, 1.82) is 0 Å². The number of para-hydroxylation sites is 1. The minimum Gasteiger partial charge on any atom is -0.495 e. The van der Waals surface area contributed by atoms with Crippen molar-refractivity contribution < 1.29 is 23.7 Å². The minimum atomic E-state index is -0.387. The van der Waals surface area contributed by atoms with Crippen molar-refractivity contribution in [3.63, 3.8) is 0 Å². The summed E-state index contributed by atoms with van der Waals surface area (Å²) in [7, 11) is 6.64. The lowest BCUT2D eigenvalue weighted by molar-refractivity contribution is -0.0671. The number of anilines is 1. The van der Waals surface area contributed by atoms with Gasteiger partial charge in [-0.2, -0.15) is 0 Å². The second-order valence-corrected chi connectivity index (χ2v) is 7.63. The molecule has 0 bridgehead atoms. The molecule has 1 aliphatic rings. The van der Waals surface area contributed by atoms with Crippen LogP contribution >= 0.6 is 0 Å². The van der Waals surface area contributed by atoms with Crippen LogP contribution in [0.3, 0.4) is 0 Å². The molecule has 1 aliphatic heterocycles. The van der Waals surface area contributed by atoms with Gasteiger partial charge in [0.25, 0.3) is 0 Å². The Morgan fingerprint density at radius 3 is 2.58 bits per heavy atom. The minimum absolute atomic E-state index is 0.00193. The molecule has 0 aliphatic carbocycles. The van der Waals surface area contributed by atoms with Crippen molar-refractivity contribution in [3.8, 4) is 5.75 Å².